The molecule has 0 aromatic heterocycles. The first kappa shape index (κ1) is 20.5. The van der Waals surface area contributed by atoms with Crippen LogP contribution in [-0.2, 0) is 11.3 Å². The number of halogens is 1. The minimum Gasteiger partial charge on any atom is -0.493 e. The lowest BCUT2D eigenvalue weighted by Gasteiger charge is -2.42. The monoisotopic (exact) mass is 438 g/mol. The van der Waals surface area contributed by atoms with E-state index in [9.17, 15) is 4.79 Å². The summed E-state index contributed by atoms with van der Waals surface area (Å²) >= 11 is 3.54. The van der Waals surface area contributed by atoms with Crippen LogP contribution in [-0.4, -0.2) is 53.3 Å². The van der Waals surface area contributed by atoms with E-state index >= 15 is 0 Å². The van der Waals surface area contributed by atoms with Gasteiger partial charge < -0.3 is 9.47 Å². The summed E-state index contributed by atoms with van der Waals surface area (Å²) < 4.78 is 12.6. The summed E-state index contributed by atoms with van der Waals surface area (Å²) in [7, 11) is 0. The molecule has 0 N–H and O–H groups in total. The first-order valence-electron chi connectivity index (χ1n) is 9.87. The molecular weight excluding hydrogens is 408 g/mol. The first-order valence-corrected chi connectivity index (χ1v) is 10.7. The Morgan fingerprint density at radius 2 is 2.00 bits per heavy atom. The minimum absolute atomic E-state index is 0.0413. The van der Waals surface area contributed by atoms with Gasteiger partial charge in [-0.15, -0.1) is 0 Å². The number of hydrogen-bond acceptors (Lipinski definition) is 4. The normalized spacial score (nSPS) is 19.2. The molecule has 0 radical (unpaired) electrons. The van der Waals surface area contributed by atoms with E-state index in [1.165, 1.54) is 5.56 Å². The summed E-state index contributed by atoms with van der Waals surface area (Å²) in [4.78, 5) is 17.0. The molecule has 150 valence electrons. The third kappa shape index (κ3) is 5.17. The van der Waals surface area contributed by atoms with Gasteiger partial charge in [-0.3, -0.25) is 9.80 Å². The zero-order valence-corrected chi connectivity index (χ0v) is 18.5. The maximum Gasteiger partial charge on any atom is 0.410 e. The highest BCUT2D eigenvalue weighted by molar-refractivity contribution is 9.10. The topological polar surface area (TPSA) is 42.0 Å². The largest absolute Gasteiger partial charge is 0.493 e. The molecular formula is C21H31BrN2O3. The van der Waals surface area contributed by atoms with Crippen LogP contribution in [0.4, 0.5) is 4.79 Å². The summed E-state index contributed by atoms with van der Waals surface area (Å²) in [5, 5.41) is 0. The number of piperazine rings is 1. The van der Waals surface area contributed by atoms with E-state index in [-0.39, 0.29) is 11.6 Å². The van der Waals surface area contributed by atoms with Gasteiger partial charge in [-0.25, -0.2) is 4.79 Å². The molecule has 0 bridgehead atoms. The van der Waals surface area contributed by atoms with Crippen LogP contribution in [0.25, 0.3) is 0 Å². The number of carbonyl (C=O) groups is 1. The fourth-order valence-electron chi connectivity index (χ4n) is 3.61. The van der Waals surface area contributed by atoms with Gasteiger partial charge in [0.2, 0.25) is 0 Å². The molecule has 1 aliphatic heterocycles. The lowest BCUT2D eigenvalue weighted by Crippen LogP contribution is -2.57. The maximum absolute atomic E-state index is 12.6. The van der Waals surface area contributed by atoms with Crippen LogP contribution >= 0.6 is 15.9 Å². The summed E-state index contributed by atoms with van der Waals surface area (Å²) in [6.07, 6.45) is 2.93. The molecule has 3 rings (SSSR count). The zero-order valence-electron chi connectivity index (χ0n) is 16.9. The Labute approximate surface area is 171 Å². The summed E-state index contributed by atoms with van der Waals surface area (Å²) in [6.45, 7) is 11.9. The SMILES string of the molecule is CCCOc1cc(Br)ccc1CN1CCN(C(=O)OC(C)(C)C)C2(CC2)C1. The van der Waals surface area contributed by atoms with Crippen LogP contribution in [0.15, 0.2) is 22.7 Å². The molecule has 0 unspecified atom stereocenters. The van der Waals surface area contributed by atoms with E-state index < -0.39 is 5.60 Å². The van der Waals surface area contributed by atoms with Gasteiger partial charge in [-0.1, -0.05) is 28.9 Å². The highest BCUT2D eigenvalue weighted by atomic mass is 79.9. The average molecular weight is 439 g/mol. The van der Waals surface area contributed by atoms with Crippen LogP contribution in [0, 0.1) is 0 Å². The highest BCUT2D eigenvalue weighted by Crippen LogP contribution is 2.45. The van der Waals surface area contributed by atoms with Crippen molar-refractivity contribution < 1.29 is 14.3 Å². The molecule has 1 saturated carbocycles. The molecule has 27 heavy (non-hydrogen) atoms. The van der Waals surface area contributed by atoms with Crippen LogP contribution in [0.3, 0.4) is 0 Å². The summed E-state index contributed by atoms with van der Waals surface area (Å²) in [5.74, 6) is 0.950. The Bertz CT molecular complexity index is 682. The minimum atomic E-state index is -0.451. The number of benzene rings is 1. The van der Waals surface area contributed by atoms with Gasteiger partial charge in [0.05, 0.1) is 12.1 Å². The van der Waals surface area contributed by atoms with E-state index in [1.807, 2.05) is 25.7 Å². The second-order valence-electron chi connectivity index (χ2n) is 8.67. The highest BCUT2D eigenvalue weighted by Gasteiger charge is 2.54. The van der Waals surface area contributed by atoms with Crippen molar-refractivity contribution in [2.45, 2.75) is 64.6 Å². The third-order valence-corrected chi connectivity index (χ3v) is 5.55. The van der Waals surface area contributed by atoms with Crippen molar-refractivity contribution in [2.24, 2.45) is 0 Å². The summed E-state index contributed by atoms with van der Waals surface area (Å²) in [6, 6.07) is 6.25. The van der Waals surface area contributed by atoms with E-state index in [1.54, 1.807) is 0 Å². The fraction of sp³-hybridized carbons (Fsp3) is 0.667. The third-order valence-electron chi connectivity index (χ3n) is 5.06. The van der Waals surface area contributed by atoms with Crippen LogP contribution in [0.2, 0.25) is 0 Å². The maximum atomic E-state index is 12.6. The van der Waals surface area contributed by atoms with E-state index in [2.05, 4.69) is 46.0 Å². The molecule has 6 heteroatoms. The molecule has 1 spiro atoms. The molecule has 1 saturated heterocycles. The van der Waals surface area contributed by atoms with Crippen LogP contribution in [0.1, 0.15) is 52.5 Å². The Morgan fingerprint density at radius 1 is 1.26 bits per heavy atom. The number of hydrogen-bond donors (Lipinski definition) is 0. The first-order chi connectivity index (χ1) is 12.7. The van der Waals surface area contributed by atoms with Gasteiger partial charge in [0.15, 0.2) is 0 Å². The number of amides is 1. The predicted molar refractivity (Wildman–Crippen MR) is 110 cm³/mol. The quantitative estimate of drug-likeness (QED) is 0.660. The molecule has 1 amide bonds. The van der Waals surface area contributed by atoms with Gasteiger partial charge >= 0.3 is 6.09 Å². The van der Waals surface area contributed by atoms with Gasteiger partial charge in [0.1, 0.15) is 11.4 Å². The fourth-order valence-corrected chi connectivity index (χ4v) is 3.95. The predicted octanol–water partition coefficient (Wildman–Crippen LogP) is 4.82. The molecule has 1 heterocycles. The Balaban J connectivity index is 1.66. The molecule has 0 atom stereocenters. The molecule has 1 aliphatic carbocycles. The lowest BCUT2D eigenvalue weighted by molar-refractivity contribution is -0.00819. The molecule has 1 aromatic rings. The molecule has 2 aliphatic rings. The second-order valence-corrected chi connectivity index (χ2v) is 9.58. The van der Waals surface area contributed by atoms with Crippen LogP contribution < -0.4 is 4.74 Å². The summed E-state index contributed by atoms with van der Waals surface area (Å²) in [5.41, 5.74) is 0.710. The van der Waals surface area contributed by atoms with Crippen molar-refractivity contribution in [3.8, 4) is 5.75 Å². The van der Waals surface area contributed by atoms with Crippen molar-refractivity contribution in [3.63, 3.8) is 0 Å². The van der Waals surface area contributed by atoms with Crippen molar-refractivity contribution in [1.29, 1.82) is 0 Å². The van der Waals surface area contributed by atoms with Gasteiger partial charge in [-0.2, -0.15) is 0 Å². The van der Waals surface area contributed by atoms with E-state index in [0.717, 1.165) is 62.3 Å². The zero-order chi connectivity index (χ0) is 19.7. The molecule has 5 nitrogen and oxygen atoms in total. The van der Waals surface area contributed by atoms with E-state index in [4.69, 9.17) is 9.47 Å². The lowest BCUT2D eigenvalue weighted by atomic mass is 10.1. The molecule has 2 fully saturated rings. The smallest absolute Gasteiger partial charge is 0.410 e. The second kappa shape index (κ2) is 8.00. The average Bonchev–Trinajstić information content (AvgIpc) is 3.32. The Kier molecular flexibility index (Phi) is 6.06. The van der Waals surface area contributed by atoms with Crippen molar-refractivity contribution in [1.82, 2.24) is 9.80 Å². The van der Waals surface area contributed by atoms with Crippen molar-refractivity contribution >= 4 is 22.0 Å². The number of nitrogens with zero attached hydrogens (tertiary/aromatic N) is 2. The Morgan fingerprint density at radius 3 is 2.63 bits per heavy atom. The standard InChI is InChI=1S/C21H31BrN2O3/c1-5-12-26-18-13-17(22)7-6-16(18)14-23-10-11-24(21(15-23)8-9-21)19(25)27-20(2,3)4/h6-7,13H,5,8-12,14-15H2,1-4H3. The van der Waals surface area contributed by atoms with Gasteiger partial charge in [0, 0.05) is 36.2 Å². The van der Waals surface area contributed by atoms with Gasteiger partial charge in [0.25, 0.3) is 0 Å². The molecule has 1 aromatic carbocycles. The number of ether oxygens (including phenoxy) is 2. The number of carbonyl (C=O) groups excluding carboxylic acids is 1. The Hall–Kier alpha value is -1.27. The van der Waals surface area contributed by atoms with E-state index in [0.29, 0.717) is 0 Å². The van der Waals surface area contributed by atoms with Gasteiger partial charge in [-0.05, 0) is 52.2 Å². The van der Waals surface area contributed by atoms with Crippen molar-refractivity contribution in [3.05, 3.63) is 28.2 Å². The van der Waals surface area contributed by atoms with Crippen molar-refractivity contribution in [2.75, 3.05) is 26.2 Å². The number of rotatable bonds is 5. The van der Waals surface area contributed by atoms with Crippen LogP contribution in [0.5, 0.6) is 5.75 Å².